The molecule has 0 radical (unpaired) electrons. The zero-order chi connectivity index (χ0) is 9.90. The summed E-state index contributed by atoms with van der Waals surface area (Å²) >= 11 is 0. The fraction of sp³-hybridized carbons (Fsp3) is 0.556. The Labute approximate surface area is 75.3 Å². The van der Waals surface area contributed by atoms with Crippen molar-refractivity contribution in [2.24, 2.45) is 17.3 Å². The highest BCUT2D eigenvalue weighted by Crippen LogP contribution is 2.41. The van der Waals surface area contributed by atoms with Crippen LogP contribution >= 0.6 is 0 Å². The van der Waals surface area contributed by atoms with E-state index in [1.165, 1.54) is 0 Å². The predicted octanol–water partition coefficient (Wildman–Crippen LogP) is -0.205. The Morgan fingerprint density at radius 3 is 1.92 bits per heavy atom. The first-order valence-electron chi connectivity index (χ1n) is 4.05. The minimum atomic E-state index is -1.24. The van der Waals surface area contributed by atoms with Crippen LogP contribution in [0.2, 0.25) is 0 Å². The van der Waals surface area contributed by atoms with Crippen molar-refractivity contribution < 1.29 is 19.2 Å². The van der Waals surface area contributed by atoms with Crippen LogP contribution in [0, 0.1) is 17.3 Å². The first kappa shape index (κ1) is 9.77. The summed E-state index contributed by atoms with van der Waals surface area (Å²) in [5.41, 5.74) is -1.24. The molecule has 0 heterocycles. The number of rotatable bonds is 4. The summed E-state index contributed by atoms with van der Waals surface area (Å²) in [6.45, 7) is 0. The lowest BCUT2D eigenvalue weighted by Crippen LogP contribution is -2.30. The molecule has 1 rings (SSSR count). The monoisotopic (exact) mass is 182 g/mol. The van der Waals surface area contributed by atoms with Crippen LogP contribution in [0.15, 0.2) is 0 Å². The molecule has 70 valence electrons. The Balaban J connectivity index is 2.94. The highest BCUT2D eigenvalue weighted by molar-refractivity contribution is 5.89. The van der Waals surface area contributed by atoms with Gasteiger partial charge in [-0.1, -0.05) is 0 Å². The Bertz CT molecular complexity index is 238. The predicted molar refractivity (Wildman–Crippen MR) is 42.9 cm³/mol. The molecule has 2 unspecified atom stereocenters. The Hall–Kier alpha value is -1.32. The van der Waals surface area contributed by atoms with Gasteiger partial charge in [-0.25, -0.2) is 0 Å². The second-order valence-corrected chi connectivity index (χ2v) is 3.43. The van der Waals surface area contributed by atoms with Gasteiger partial charge in [0.1, 0.15) is 25.1 Å². The molecule has 0 bridgehead atoms. The molecular weight excluding hydrogens is 172 g/mol. The van der Waals surface area contributed by atoms with E-state index in [2.05, 4.69) is 0 Å². The zero-order valence-electron chi connectivity index (χ0n) is 7.01. The highest BCUT2D eigenvalue weighted by atomic mass is 16.1. The van der Waals surface area contributed by atoms with Gasteiger partial charge in [-0.3, -0.25) is 0 Å². The molecule has 1 aliphatic carbocycles. The molecule has 0 aromatic rings. The largest absolute Gasteiger partial charge is 0.303 e. The fourth-order valence-electron chi connectivity index (χ4n) is 1.82. The average Bonchev–Trinajstić information content (AvgIpc) is 2.56. The summed E-state index contributed by atoms with van der Waals surface area (Å²) < 4.78 is 0. The maximum Gasteiger partial charge on any atom is 0.133 e. The van der Waals surface area contributed by atoms with Crippen LogP contribution in [0.1, 0.15) is 12.8 Å². The number of carbonyl (C=O) groups is 4. The van der Waals surface area contributed by atoms with Crippen LogP contribution in [0.5, 0.6) is 0 Å². The molecule has 0 aromatic heterocycles. The Kier molecular flexibility index (Phi) is 2.70. The number of hydrogen-bond donors (Lipinski definition) is 0. The van der Waals surface area contributed by atoms with Gasteiger partial charge in [0.2, 0.25) is 0 Å². The Morgan fingerprint density at radius 1 is 1.00 bits per heavy atom. The lowest BCUT2D eigenvalue weighted by molar-refractivity contribution is -0.132. The molecule has 13 heavy (non-hydrogen) atoms. The van der Waals surface area contributed by atoms with E-state index in [0.717, 1.165) is 0 Å². The standard InChI is InChI=1S/C9H10O4/c10-3-7-1-8(4-11)9(2-7,5-12)6-13/h3-8H,1-2H2. The van der Waals surface area contributed by atoms with Gasteiger partial charge in [0.05, 0.1) is 5.41 Å². The van der Waals surface area contributed by atoms with Crippen LogP contribution in [-0.4, -0.2) is 25.1 Å². The lowest BCUT2D eigenvalue weighted by Gasteiger charge is -2.17. The van der Waals surface area contributed by atoms with E-state index in [0.29, 0.717) is 31.6 Å². The zero-order valence-corrected chi connectivity index (χ0v) is 7.01. The van der Waals surface area contributed by atoms with Crippen molar-refractivity contribution in [1.82, 2.24) is 0 Å². The second-order valence-electron chi connectivity index (χ2n) is 3.43. The molecule has 1 aliphatic rings. The normalized spacial score (nSPS) is 30.8. The molecule has 0 amide bonds. The smallest absolute Gasteiger partial charge is 0.133 e. The van der Waals surface area contributed by atoms with Crippen molar-refractivity contribution >= 4 is 25.1 Å². The molecule has 1 fully saturated rings. The second kappa shape index (κ2) is 3.60. The van der Waals surface area contributed by atoms with Gasteiger partial charge in [0.15, 0.2) is 0 Å². The maximum absolute atomic E-state index is 10.7. The van der Waals surface area contributed by atoms with E-state index in [9.17, 15) is 19.2 Å². The minimum Gasteiger partial charge on any atom is -0.303 e. The van der Waals surface area contributed by atoms with Gasteiger partial charge in [-0.05, 0) is 12.8 Å². The lowest BCUT2D eigenvalue weighted by atomic mass is 9.81. The third-order valence-electron chi connectivity index (χ3n) is 2.66. The van der Waals surface area contributed by atoms with E-state index >= 15 is 0 Å². The van der Waals surface area contributed by atoms with E-state index < -0.39 is 11.3 Å². The maximum atomic E-state index is 10.7. The summed E-state index contributed by atoms with van der Waals surface area (Å²) in [6, 6.07) is 0. The molecule has 4 heteroatoms. The van der Waals surface area contributed by atoms with E-state index in [4.69, 9.17) is 0 Å². The van der Waals surface area contributed by atoms with Crippen molar-refractivity contribution in [3.8, 4) is 0 Å². The van der Waals surface area contributed by atoms with Gasteiger partial charge < -0.3 is 19.2 Å². The van der Waals surface area contributed by atoms with Crippen LogP contribution in [0.4, 0.5) is 0 Å². The molecule has 1 saturated carbocycles. The summed E-state index contributed by atoms with van der Waals surface area (Å²) in [5.74, 6) is -0.969. The molecule has 0 aromatic carbocycles. The van der Waals surface area contributed by atoms with E-state index in [1.807, 2.05) is 0 Å². The van der Waals surface area contributed by atoms with Crippen LogP contribution in [0.3, 0.4) is 0 Å². The SMILES string of the molecule is O=CC1CC(C=O)C(C=O)(C=O)C1. The van der Waals surface area contributed by atoms with Gasteiger partial charge in [0, 0.05) is 11.8 Å². The van der Waals surface area contributed by atoms with Crippen LogP contribution in [-0.2, 0) is 19.2 Å². The molecular formula is C9H10O4. The summed E-state index contributed by atoms with van der Waals surface area (Å²) in [4.78, 5) is 42.4. The summed E-state index contributed by atoms with van der Waals surface area (Å²) in [7, 11) is 0. The highest BCUT2D eigenvalue weighted by Gasteiger charge is 2.47. The van der Waals surface area contributed by atoms with Gasteiger partial charge >= 0.3 is 0 Å². The number of hydrogen-bond acceptors (Lipinski definition) is 4. The number of carbonyl (C=O) groups excluding carboxylic acids is 4. The summed E-state index contributed by atoms with van der Waals surface area (Å²) in [6.07, 6.45) is 2.75. The molecule has 0 saturated heterocycles. The number of aldehydes is 4. The Morgan fingerprint density at radius 2 is 1.62 bits per heavy atom. The molecule has 2 atom stereocenters. The van der Waals surface area contributed by atoms with Gasteiger partial charge in [0.25, 0.3) is 0 Å². The fourth-order valence-corrected chi connectivity index (χ4v) is 1.82. The minimum absolute atomic E-state index is 0.174. The average molecular weight is 182 g/mol. The van der Waals surface area contributed by atoms with Gasteiger partial charge in [-0.2, -0.15) is 0 Å². The van der Waals surface area contributed by atoms with Crippen molar-refractivity contribution in [3.05, 3.63) is 0 Å². The van der Waals surface area contributed by atoms with Gasteiger partial charge in [-0.15, -0.1) is 0 Å². The van der Waals surface area contributed by atoms with E-state index in [1.54, 1.807) is 0 Å². The molecule has 0 aliphatic heterocycles. The third-order valence-corrected chi connectivity index (χ3v) is 2.66. The van der Waals surface area contributed by atoms with Crippen molar-refractivity contribution in [2.45, 2.75) is 12.8 Å². The van der Waals surface area contributed by atoms with Crippen molar-refractivity contribution in [1.29, 1.82) is 0 Å². The van der Waals surface area contributed by atoms with Crippen molar-refractivity contribution in [3.63, 3.8) is 0 Å². The van der Waals surface area contributed by atoms with Crippen LogP contribution in [0.25, 0.3) is 0 Å². The summed E-state index contributed by atoms with van der Waals surface area (Å²) in [5, 5.41) is 0. The third kappa shape index (κ3) is 1.43. The topological polar surface area (TPSA) is 68.3 Å². The quantitative estimate of drug-likeness (QED) is 0.445. The van der Waals surface area contributed by atoms with Crippen molar-refractivity contribution in [2.75, 3.05) is 0 Å². The van der Waals surface area contributed by atoms with E-state index in [-0.39, 0.29) is 12.3 Å². The molecule has 4 nitrogen and oxygen atoms in total. The first-order chi connectivity index (χ1) is 6.22. The molecule has 0 N–H and O–H groups in total. The van der Waals surface area contributed by atoms with Crippen LogP contribution < -0.4 is 0 Å². The first-order valence-corrected chi connectivity index (χ1v) is 4.05. The molecule has 0 spiro atoms.